The highest BCUT2D eigenvalue weighted by Crippen LogP contribution is 2.49. The maximum absolute atomic E-state index is 13.0. The third kappa shape index (κ3) is 3.34. The van der Waals surface area contributed by atoms with E-state index in [0.29, 0.717) is 24.2 Å². The van der Waals surface area contributed by atoms with Crippen molar-refractivity contribution in [3.05, 3.63) is 47.9 Å². The van der Waals surface area contributed by atoms with Gasteiger partial charge in [-0.3, -0.25) is 4.79 Å². The van der Waals surface area contributed by atoms with Crippen molar-refractivity contribution >= 4 is 16.9 Å². The highest BCUT2D eigenvalue weighted by Gasteiger charge is 2.51. The fourth-order valence-corrected chi connectivity index (χ4v) is 4.82. The zero-order chi connectivity index (χ0) is 19.8. The minimum atomic E-state index is -0.00417. The van der Waals surface area contributed by atoms with Crippen LogP contribution in [0.4, 0.5) is 0 Å². The van der Waals surface area contributed by atoms with Crippen LogP contribution in [-0.2, 0) is 11.2 Å². The van der Waals surface area contributed by atoms with E-state index in [-0.39, 0.29) is 17.7 Å². The molecule has 3 heterocycles. The molecular weight excluding hydrogens is 368 g/mol. The molecule has 5 rings (SSSR count). The molecule has 0 radical (unpaired) electrons. The van der Waals surface area contributed by atoms with Crippen LogP contribution >= 0.6 is 0 Å². The van der Waals surface area contributed by atoms with Gasteiger partial charge in [-0.1, -0.05) is 23.7 Å². The smallest absolute Gasteiger partial charge is 0.316 e. The molecule has 1 amide bonds. The molecule has 29 heavy (non-hydrogen) atoms. The number of carbonyl (C=O) groups is 1. The average molecular weight is 392 g/mol. The number of rotatable bonds is 5. The maximum atomic E-state index is 13.0. The van der Waals surface area contributed by atoms with Crippen molar-refractivity contribution < 1.29 is 14.1 Å². The number of aromatic nitrogens is 3. The third-order valence-electron chi connectivity index (χ3n) is 6.41. The van der Waals surface area contributed by atoms with Gasteiger partial charge in [-0.2, -0.15) is 0 Å². The van der Waals surface area contributed by atoms with Gasteiger partial charge in [-0.15, -0.1) is 0 Å². The normalized spacial score (nSPS) is 23.5. The van der Waals surface area contributed by atoms with Crippen molar-refractivity contribution in [3.8, 4) is 6.01 Å². The van der Waals surface area contributed by atoms with Crippen LogP contribution in [0.25, 0.3) is 11.0 Å². The highest BCUT2D eigenvalue weighted by atomic mass is 16.5. The number of carbonyl (C=O) groups excluding carboxylic acids is 1. The Morgan fingerprint density at radius 1 is 1.31 bits per heavy atom. The van der Waals surface area contributed by atoms with Gasteiger partial charge in [0, 0.05) is 36.3 Å². The van der Waals surface area contributed by atoms with Crippen molar-refractivity contribution in [2.24, 2.45) is 11.3 Å². The van der Waals surface area contributed by atoms with Crippen LogP contribution < -0.4 is 4.74 Å². The number of hydrogen-bond donors (Lipinski definition) is 0. The number of nitrogens with zero attached hydrogens (tertiary/aromatic N) is 4. The van der Waals surface area contributed by atoms with Gasteiger partial charge in [0.1, 0.15) is 5.69 Å². The second-order valence-electron chi connectivity index (χ2n) is 8.36. The van der Waals surface area contributed by atoms with Gasteiger partial charge in [0.2, 0.25) is 5.91 Å². The van der Waals surface area contributed by atoms with E-state index in [4.69, 9.17) is 9.26 Å². The van der Waals surface area contributed by atoms with Gasteiger partial charge >= 0.3 is 6.01 Å². The van der Waals surface area contributed by atoms with Crippen LogP contribution in [0.15, 0.2) is 41.2 Å². The molecule has 2 aliphatic rings. The number of ether oxygens (including phenoxy) is 1. The molecule has 0 N–H and O–H groups in total. The van der Waals surface area contributed by atoms with Gasteiger partial charge in [0.25, 0.3) is 0 Å². The standard InChI is InChI=1S/C22H24N4O3/c1-15-10-23-21(24-11-15)28-14-22-8-4-5-16(22)12-26(13-22)20(27)9-18-17-6-2-3-7-19(17)29-25-18/h2-3,6-7,10-11,16H,4-5,8-9,12-14H2,1H3. The molecule has 2 unspecified atom stereocenters. The van der Waals surface area contributed by atoms with Crippen LogP contribution in [-0.4, -0.2) is 45.6 Å². The summed E-state index contributed by atoms with van der Waals surface area (Å²) in [7, 11) is 0. The SMILES string of the molecule is Cc1cnc(OCC23CCCC2CN(C(=O)Cc2noc4ccccc24)C3)nc1. The molecule has 1 aliphatic carbocycles. The predicted octanol–water partition coefficient (Wildman–Crippen LogP) is 3.18. The summed E-state index contributed by atoms with van der Waals surface area (Å²) in [5, 5.41) is 5.03. The topological polar surface area (TPSA) is 81.4 Å². The van der Waals surface area contributed by atoms with E-state index >= 15 is 0 Å². The molecule has 7 heteroatoms. The average Bonchev–Trinajstić information content (AvgIpc) is 3.40. The minimum Gasteiger partial charge on any atom is -0.463 e. The minimum absolute atomic E-state index is 0.00417. The van der Waals surface area contributed by atoms with Crippen molar-refractivity contribution in [2.45, 2.75) is 32.6 Å². The molecule has 2 atom stereocenters. The van der Waals surface area contributed by atoms with Gasteiger partial charge in [0.15, 0.2) is 5.58 Å². The second-order valence-corrected chi connectivity index (χ2v) is 8.36. The van der Waals surface area contributed by atoms with E-state index in [1.807, 2.05) is 36.1 Å². The number of amides is 1. The summed E-state index contributed by atoms with van der Waals surface area (Å²) in [6, 6.07) is 8.07. The largest absolute Gasteiger partial charge is 0.463 e. The van der Waals surface area contributed by atoms with Gasteiger partial charge < -0.3 is 14.2 Å². The van der Waals surface area contributed by atoms with E-state index in [1.165, 1.54) is 6.42 Å². The van der Waals surface area contributed by atoms with Crippen LogP contribution in [0, 0.1) is 18.3 Å². The summed E-state index contributed by atoms with van der Waals surface area (Å²) in [5.41, 5.74) is 2.43. The molecule has 1 aliphatic heterocycles. The lowest BCUT2D eigenvalue weighted by Gasteiger charge is -2.28. The molecular formula is C22H24N4O3. The van der Waals surface area contributed by atoms with Crippen LogP contribution in [0.1, 0.15) is 30.5 Å². The summed E-state index contributed by atoms with van der Waals surface area (Å²) in [4.78, 5) is 23.5. The second kappa shape index (κ2) is 7.13. The molecule has 0 spiro atoms. The van der Waals surface area contributed by atoms with Gasteiger partial charge in [-0.25, -0.2) is 9.97 Å². The molecule has 1 aromatic carbocycles. The van der Waals surface area contributed by atoms with E-state index in [2.05, 4.69) is 15.1 Å². The van der Waals surface area contributed by atoms with E-state index in [9.17, 15) is 4.79 Å². The number of hydrogen-bond acceptors (Lipinski definition) is 6. The van der Waals surface area contributed by atoms with E-state index in [0.717, 1.165) is 42.5 Å². The third-order valence-corrected chi connectivity index (χ3v) is 6.41. The van der Waals surface area contributed by atoms with E-state index < -0.39 is 0 Å². The Morgan fingerprint density at radius 3 is 3.00 bits per heavy atom. The number of aryl methyl sites for hydroxylation is 1. The predicted molar refractivity (Wildman–Crippen MR) is 106 cm³/mol. The monoisotopic (exact) mass is 392 g/mol. The maximum Gasteiger partial charge on any atom is 0.316 e. The Balaban J connectivity index is 1.27. The fourth-order valence-electron chi connectivity index (χ4n) is 4.82. The molecule has 1 saturated carbocycles. The first-order valence-electron chi connectivity index (χ1n) is 10.2. The zero-order valence-corrected chi connectivity index (χ0v) is 16.5. The first-order valence-corrected chi connectivity index (χ1v) is 10.2. The molecule has 3 aromatic rings. The number of fused-ring (bicyclic) bond motifs is 2. The summed E-state index contributed by atoms with van der Waals surface area (Å²) < 4.78 is 11.3. The van der Waals surface area contributed by atoms with Crippen molar-refractivity contribution in [2.75, 3.05) is 19.7 Å². The first kappa shape index (κ1) is 18.1. The lowest BCUT2D eigenvalue weighted by molar-refractivity contribution is -0.130. The number of para-hydroxylation sites is 1. The van der Waals surface area contributed by atoms with E-state index in [1.54, 1.807) is 12.4 Å². The lowest BCUT2D eigenvalue weighted by Crippen LogP contribution is -2.36. The fraction of sp³-hybridized carbons (Fsp3) is 0.455. The molecule has 150 valence electrons. The molecule has 1 saturated heterocycles. The lowest BCUT2D eigenvalue weighted by atomic mass is 9.82. The number of likely N-dealkylation sites (tertiary alicyclic amines) is 1. The quantitative estimate of drug-likeness (QED) is 0.663. The highest BCUT2D eigenvalue weighted by molar-refractivity contribution is 5.86. The molecule has 7 nitrogen and oxygen atoms in total. The Morgan fingerprint density at radius 2 is 2.14 bits per heavy atom. The van der Waals surface area contributed by atoms with Crippen LogP contribution in [0.5, 0.6) is 6.01 Å². The van der Waals surface area contributed by atoms with Crippen LogP contribution in [0.2, 0.25) is 0 Å². The zero-order valence-electron chi connectivity index (χ0n) is 16.5. The Bertz CT molecular complexity index is 1030. The summed E-state index contributed by atoms with van der Waals surface area (Å²) in [6.07, 6.45) is 7.17. The summed E-state index contributed by atoms with van der Waals surface area (Å²) in [6.45, 7) is 4.01. The Labute approximate surface area is 169 Å². The molecule has 2 fully saturated rings. The molecule has 2 aromatic heterocycles. The van der Waals surface area contributed by atoms with Gasteiger partial charge in [-0.05, 0) is 43.4 Å². The Kier molecular flexibility index (Phi) is 4.45. The first-order chi connectivity index (χ1) is 14.1. The summed E-state index contributed by atoms with van der Waals surface area (Å²) >= 11 is 0. The van der Waals surface area contributed by atoms with Crippen molar-refractivity contribution in [1.29, 1.82) is 0 Å². The Hall–Kier alpha value is -2.96. The molecule has 0 bridgehead atoms. The summed E-state index contributed by atoms with van der Waals surface area (Å²) in [5.74, 6) is 0.565. The number of benzene rings is 1. The van der Waals surface area contributed by atoms with Crippen molar-refractivity contribution in [1.82, 2.24) is 20.0 Å². The van der Waals surface area contributed by atoms with Crippen molar-refractivity contribution in [3.63, 3.8) is 0 Å². The van der Waals surface area contributed by atoms with Gasteiger partial charge in [0.05, 0.1) is 13.0 Å². The van der Waals surface area contributed by atoms with Crippen LogP contribution in [0.3, 0.4) is 0 Å².